The molecule has 3 aromatic carbocycles. The van der Waals surface area contributed by atoms with E-state index in [1.165, 1.54) is 6.07 Å². The Bertz CT molecular complexity index is 1380. The van der Waals surface area contributed by atoms with E-state index >= 15 is 0 Å². The summed E-state index contributed by atoms with van der Waals surface area (Å²) in [5, 5.41) is 17.0. The smallest absolute Gasteiger partial charge is 0.323 e. The van der Waals surface area contributed by atoms with Crippen LogP contribution in [0.1, 0.15) is 20.8 Å². The normalized spacial score (nSPS) is 11.5. The number of fused-ring (bicyclic) bond motifs is 1. The number of carbonyl (C=O) groups excluding carboxylic acids is 2. The molecule has 0 heterocycles. The minimum Gasteiger partial charge on any atom is -0.480 e. The predicted octanol–water partition coefficient (Wildman–Crippen LogP) is 3.83. The number of urea groups is 1. The van der Waals surface area contributed by atoms with Crippen LogP contribution in [0.2, 0.25) is 0 Å². The Kier molecular flexibility index (Phi) is 7.30. The maximum atomic E-state index is 13.2. The Labute approximate surface area is 202 Å². The van der Waals surface area contributed by atoms with Crippen LogP contribution in [0.4, 0.5) is 21.9 Å². The van der Waals surface area contributed by atoms with Crippen LogP contribution in [-0.4, -0.2) is 38.0 Å². The molecule has 5 N–H and O–H groups in total. The highest BCUT2D eigenvalue weighted by atomic mass is 32.2. The van der Waals surface area contributed by atoms with Crippen LogP contribution in [0.5, 0.6) is 0 Å². The molecule has 0 radical (unpaired) electrons. The van der Waals surface area contributed by atoms with E-state index in [0.717, 1.165) is 0 Å². The van der Waals surface area contributed by atoms with Gasteiger partial charge in [0.25, 0.3) is 10.0 Å². The zero-order valence-electron chi connectivity index (χ0n) is 19.4. The summed E-state index contributed by atoms with van der Waals surface area (Å²) < 4.78 is 28.9. The lowest BCUT2D eigenvalue weighted by Crippen LogP contribution is -2.33. The van der Waals surface area contributed by atoms with Crippen molar-refractivity contribution >= 4 is 55.8 Å². The van der Waals surface area contributed by atoms with Crippen LogP contribution >= 0.6 is 0 Å². The van der Waals surface area contributed by atoms with Crippen LogP contribution in [0.3, 0.4) is 0 Å². The number of carboxylic acid groups (broad SMARTS) is 1. The highest BCUT2D eigenvalue weighted by Gasteiger charge is 2.22. The first kappa shape index (κ1) is 25.5. The van der Waals surface area contributed by atoms with Gasteiger partial charge >= 0.3 is 12.0 Å². The molecule has 3 amide bonds. The Balaban J connectivity index is 1.83. The summed E-state index contributed by atoms with van der Waals surface area (Å²) in [7, 11) is -4.01. The summed E-state index contributed by atoms with van der Waals surface area (Å²) in [6.07, 6.45) is 0. The molecule has 3 aromatic rings. The largest absolute Gasteiger partial charge is 0.480 e. The van der Waals surface area contributed by atoms with E-state index in [0.29, 0.717) is 27.8 Å². The number of benzene rings is 3. The van der Waals surface area contributed by atoms with E-state index in [4.69, 9.17) is 5.11 Å². The van der Waals surface area contributed by atoms with Crippen LogP contribution < -0.4 is 20.7 Å². The molecule has 10 nitrogen and oxygen atoms in total. The van der Waals surface area contributed by atoms with Crippen molar-refractivity contribution in [1.29, 1.82) is 0 Å². The third-order valence-corrected chi connectivity index (χ3v) is 6.34. The van der Waals surface area contributed by atoms with E-state index < -0.39 is 34.0 Å². The molecule has 0 aliphatic heterocycles. The average molecular weight is 499 g/mol. The molecular formula is C24H26N4O6S. The molecule has 0 atom stereocenters. The van der Waals surface area contributed by atoms with Gasteiger partial charge in [-0.25, -0.2) is 13.2 Å². The number of rotatable bonds is 7. The highest BCUT2D eigenvalue weighted by molar-refractivity contribution is 7.93. The van der Waals surface area contributed by atoms with Gasteiger partial charge in [0.1, 0.15) is 6.54 Å². The van der Waals surface area contributed by atoms with Gasteiger partial charge in [0, 0.05) is 27.6 Å². The fourth-order valence-electron chi connectivity index (χ4n) is 3.10. The van der Waals surface area contributed by atoms with Crippen molar-refractivity contribution < 1.29 is 27.9 Å². The molecule has 11 heteroatoms. The van der Waals surface area contributed by atoms with Gasteiger partial charge in [-0.1, -0.05) is 45.0 Å². The number of anilines is 3. The molecule has 0 saturated heterocycles. The number of carbonyl (C=O) groups is 3. The van der Waals surface area contributed by atoms with Crippen molar-refractivity contribution in [1.82, 2.24) is 5.32 Å². The number of carboxylic acids is 1. The Hall–Kier alpha value is -4.12. The molecule has 35 heavy (non-hydrogen) atoms. The number of hydrogen-bond donors (Lipinski definition) is 5. The van der Waals surface area contributed by atoms with Crippen molar-refractivity contribution in [3.63, 3.8) is 0 Å². The summed E-state index contributed by atoms with van der Waals surface area (Å²) in [6, 6.07) is 15.0. The minimum atomic E-state index is -4.01. The van der Waals surface area contributed by atoms with Gasteiger partial charge in [0.15, 0.2) is 0 Å². The van der Waals surface area contributed by atoms with Crippen molar-refractivity contribution in [3.05, 3.63) is 60.7 Å². The lowest BCUT2D eigenvalue weighted by molar-refractivity contribution is -0.135. The Morgan fingerprint density at radius 3 is 2.06 bits per heavy atom. The predicted molar refractivity (Wildman–Crippen MR) is 134 cm³/mol. The quantitative estimate of drug-likeness (QED) is 0.334. The standard InChI is InChI=1S/C24H26N4O6S/c1-24(2,3)22(31)26-15-10-12-16(13-11-15)28-35(33,34)20-9-5-6-17-18(20)7-4-8-19(17)27-23(32)25-14-21(29)30/h4-13,28H,14H2,1-3H3,(H,26,31)(H,29,30)(H2,25,27,32). The second kappa shape index (κ2) is 10.0. The van der Waals surface area contributed by atoms with Crippen molar-refractivity contribution in [2.45, 2.75) is 25.7 Å². The van der Waals surface area contributed by atoms with E-state index in [1.54, 1.807) is 75.4 Å². The van der Waals surface area contributed by atoms with Crippen molar-refractivity contribution in [2.75, 3.05) is 21.9 Å². The topological polar surface area (TPSA) is 154 Å². The summed E-state index contributed by atoms with van der Waals surface area (Å²) in [5.41, 5.74) is 0.591. The summed E-state index contributed by atoms with van der Waals surface area (Å²) in [6.45, 7) is 4.81. The third-order valence-electron chi connectivity index (χ3n) is 4.90. The molecule has 0 saturated carbocycles. The lowest BCUT2D eigenvalue weighted by atomic mass is 9.95. The summed E-state index contributed by atoms with van der Waals surface area (Å²) in [5.74, 6) is -1.36. The van der Waals surface area contributed by atoms with E-state index in [9.17, 15) is 22.8 Å². The van der Waals surface area contributed by atoms with E-state index in [1.807, 2.05) is 0 Å². The van der Waals surface area contributed by atoms with E-state index in [2.05, 4.69) is 20.7 Å². The van der Waals surface area contributed by atoms with Crippen LogP contribution in [-0.2, 0) is 19.6 Å². The number of aliphatic carboxylic acids is 1. The van der Waals surface area contributed by atoms with Gasteiger partial charge in [0.05, 0.1) is 10.6 Å². The first-order chi connectivity index (χ1) is 16.4. The molecule has 0 aliphatic rings. The molecule has 0 aliphatic carbocycles. The van der Waals surface area contributed by atoms with Crippen LogP contribution in [0.25, 0.3) is 10.8 Å². The van der Waals surface area contributed by atoms with Gasteiger partial charge in [-0.05, 0) is 36.4 Å². The Morgan fingerprint density at radius 1 is 0.829 bits per heavy atom. The molecule has 3 rings (SSSR count). The van der Waals surface area contributed by atoms with Crippen molar-refractivity contribution in [3.8, 4) is 0 Å². The molecule has 0 aromatic heterocycles. The number of hydrogen-bond acceptors (Lipinski definition) is 5. The fraction of sp³-hybridized carbons (Fsp3) is 0.208. The second-order valence-electron chi connectivity index (χ2n) is 8.75. The average Bonchev–Trinajstić information content (AvgIpc) is 2.78. The number of nitrogens with one attached hydrogen (secondary N) is 4. The SMILES string of the molecule is CC(C)(C)C(=O)Nc1ccc(NS(=O)(=O)c2cccc3c(NC(=O)NCC(=O)O)cccc23)cc1. The first-order valence-electron chi connectivity index (χ1n) is 10.6. The van der Waals surface area contributed by atoms with Gasteiger partial charge in [-0.15, -0.1) is 0 Å². The van der Waals surface area contributed by atoms with Gasteiger partial charge in [0.2, 0.25) is 5.91 Å². The fourth-order valence-corrected chi connectivity index (χ4v) is 4.38. The minimum absolute atomic E-state index is 0.00490. The molecule has 184 valence electrons. The second-order valence-corrected chi connectivity index (χ2v) is 10.4. The molecular weight excluding hydrogens is 472 g/mol. The van der Waals surface area contributed by atoms with Gasteiger partial charge in [-0.2, -0.15) is 0 Å². The van der Waals surface area contributed by atoms with Crippen LogP contribution in [0.15, 0.2) is 65.6 Å². The molecule has 0 spiro atoms. The third kappa shape index (κ3) is 6.48. The van der Waals surface area contributed by atoms with Gasteiger partial charge in [-0.3, -0.25) is 14.3 Å². The lowest BCUT2D eigenvalue weighted by Gasteiger charge is -2.18. The maximum Gasteiger partial charge on any atom is 0.323 e. The molecule has 0 unspecified atom stereocenters. The monoisotopic (exact) mass is 498 g/mol. The van der Waals surface area contributed by atoms with E-state index in [-0.39, 0.29) is 10.8 Å². The maximum absolute atomic E-state index is 13.2. The zero-order chi connectivity index (χ0) is 25.8. The highest BCUT2D eigenvalue weighted by Crippen LogP contribution is 2.30. The number of amides is 3. The Morgan fingerprint density at radius 2 is 1.43 bits per heavy atom. The molecule has 0 fully saturated rings. The van der Waals surface area contributed by atoms with Crippen LogP contribution in [0, 0.1) is 5.41 Å². The first-order valence-corrected chi connectivity index (χ1v) is 12.1. The summed E-state index contributed by atoms with van der Waals surface area (Å²) >= 11 is 0. The number of sulfonamides is 1. The zero-order valence-corrected chi connectivity index (χ0v) is 20.2. The molecule has 0 bridgehead atoms. The summed E-state index contributed by atoms with van der Waals surface area (Å²) in [4.78, 5) is 34.8. The van der Waals surface area contributed by atoms with Crippen molar-refractivity contribution in [2.24, 2.45) is 5.41 Å². The van der Waals surface area contributed by atoms with Gasteiger partial charge < -0.3 is 21.1 Å².